The molecule has 0 fully saturated rings. The molecule has 0 aliphatic heterocycles. The molecule has 1 heterocycles. The molecule has 0 atom stereocenters. The van der Waals surface area contributed by atoms with Gasteiger partial charge in [-0.25, -0.2) is 4.98 Å². The Balaban J connectivity index is 1.31. The number of fused-ring (bicyclic) bond motifs is 2. The fraction of sp³-hybridized carbons (Fsp3) is 0.0851. The zero-order chi connectivity index (χ0) is 33.4. The Morgan fingerprint density at radius 1 is 0.388 bits per heavy atom. The van der Waals surface area contributed by atoms with Gasteiger partial charge in [0.1, 0.15) is 5.82 Å². The third-order valence-electron chi connectivity index (χ3n) is 9.37. The van der Waals surface area contributed by atoms with Crippen molar-refractivity contribution in [1.82, 2.24) is 4.98 Å². The maximum Gasteiger partial charge on any atom is 0.137 e. The molecule has 2 heteroatoms. The van der Waals surface area contributed by atoms with Crippen LogP contribution in [0.1, 0.15) is 26.5 Å². The average Bonchev–Trinajstić information content (AvgIpc) is 3.15. The molecule has 49 heavy (non-hydrogen) atoms. The normalized spacial score (nSPS) is 11.6. The number of nitrogens with zero attached hydrogens (tertiary/aromatic N) is 2. The minimum atomic E-state index is -0.0574. The first-order valence-electron chi connectivity index (χ1n) is 17.0. The van der Waals surface area contributed by atoms with Crippen LogP contribution in [0, 0.1) is 0 Å². The van der Waals surface area contributed by atoms with Gasteiger partial charge in [0.2, 0.25) is 0 Å². The molecule has 0 spiro atoms. The molecule has 236 valence electrons. The summed E-state index contributed by atoms with van der Waals surface area (Å²) in [5.41, 5.74) is 10.5. The predicted molar refractivity (Wildman–Crippen MR) is 209 cm³/mol. The van der Waals surface area contributed by atoms with E-state index in [2.05, 4.69) is 202 Å². The summed E-state index contributed by atoms with van der Waals surface area (Å²) >= 11 is 0. The van der Waals surface area contributed by atoms with Crippen molar-refractivity contribution < 1.29 is 0 Å². The Labute approximate surface area is 289 Å². The molecule has 2 nitrogen and oxygen atoms in total. The second-order valence-corrected chi connectivity index (χ2v) is 13.6. The van der Waals surface area contributed by atoms with E-state index in [0.29, 0.717) is 0 Å². The Hall–Kier alpha value is -5.99. The van der Waals surface area contributed by atoms with Crippen molar-refractivity contribution in [2.24, 2.45) is 0 Å². The smallest absolute Gasteiger partial charge is 0.137 e. The molecule has 0 N–H and O–H groups in total. The molecular formula is C47H38N2. The molecule has 0 radical (unpaired) electrons. The highest BCUT2D eigenvalue weighted by Gasteiger charge is 2.21. The van der Waals surface area contributed by atoms with Gasteiger partial charge in [-0.2, -0.15) is 0 Å². The van der Waals surface area contributed by atoms with Crippen LogP contribution in [0.15, 0.2) is 176 Å². The quantitative estimate of drug-likeness (QED) is 0.170. The largest absolute Gasteiger partial charge is 0.295 e. The van der Waals surface area contributed by atoms with E-state index in [1.165, 1.54) is 54.9 Å². The van der Waals surface area contributed by atoms with Crippen molar-refractivity contribution in [2.45, 2.75) is 26.2 Å². The summed E-state index contributed by atoms with van der Waals surface area (Å²) in [7, 11) is 0. The van der Waals surface area contributed by atoms with E-state index in [1.807, 2.05) is 0 Å². The summed E-state index contributed by atoms with van der Waals surface area (Å²) in [5.74, 6) is 0.906. The monoisotopic (exact) mass is 630 g/mol. The zero-order valence-electron chi connectivity index (χ0n) is 28.1. The summed E-state index contributed by atoms with van der Waals surface area (Å²) in [6, 6.07) is 63.1. The number of hydrogen-bond donors (Lipinski definition) is 0. The Bertz CT molecular complexity index is 2350. The van der Waals surface area contributed by atoms with Crippen LogP contribution in [0.4, 0.5) is 17.2 Å². The fourth-order valence-electron chi connectivity index (χ4n) is 7.03. The summed E-state index contributed by atoms with van der Waals surface area (Å²) in [6.07, 6.45) is 0. The van der Waals surface area contributed by atoms with Crippen molar-refractivity contribution in [3.05, 3.63) is 182 Å². The lowest BCUT2D eigenvalue weighted by atomic mass is 9.84. The van der Waals surface area contributed by atoms with Crippen LogP contribution in [-0.2, 0) is 5.41 Å². The lowest BCUT2D eigenvalue weighted by molar-refractivity contribution is 0.569. The van der Waals surface area contributed by atoms with Crippen molar-refractivity contribution in [1.29, 1.82) is 0 Å². The first kappa shape index (κ1) is 30.4. The summed E-state index contributed by atoms with van der Waals surface area (Å²) in [6.45, 7) is 6.63. The lowest BCUT2D eigenvalue weighted by Gasteiger charge is -2.27. The summed E-state index contributed by atoms with van der Waals surface area (Å²) in [4.78, 5) is 7.40. The number of benzene rings is 7. The molecule has 0 unspecified atom stereocenters. The second-order valence-electron chi connectivity index (χ2n) is 13.6. The summed E-state index contributed by atoms with van der Waals surface area (Å²) in [5, 5.41) is 4.98. The molecule has 0 saturated heterocycles. The number of rotatable bonds is 6. The molecule has 0 saturated carbocycles. The van der Waals surface area contributed by atoms with Gasteiger partial charge in [-0.1, -0.05) is 160 Å². The van der Waals surface area contributed by atoms with Crippen LogP contribution in [0.5, 0.6) is 0 Å². The molecule has 0 aliphatic carbocycles. The molecule has 0 amide bonds. The van der Waals surface area contributed by atoms with Crippen molar-refractivity contribution in [2.75, 3.05) is 4.90 Å². The zero-order valence-corrected chi connectivity index (χ0v) is 28.1. The number of para-hydroxylation sites is 1. The fourth-order valence-corrected chi connectivity index (χ4v) is 7.03. The van der Waals surface area contributed by atoms with Gasteiger partial charge in [0.15, 0.2) is 0 Å². The molecule has 8 rings (SSSR count). The Morgan fingerprint density at radius 2 is 0.878 bits per heavy atom. The van der Waals surface area contributed by atoms with E-state index in [0.717, 1.165) is 22.9 Å². The van der Waals surface area contributed by atoms with Gasteiger partial charge in [-0.15, -0.1) is 0 Å². The highest BCUT2D eigenvalue weighted by atomic mass is 15.2. The van der Waals surface area contributed by atoms with Crippen LogP contribution in [-0.4, -0.2) is 4.98 Å². The topological polar surface area (TPSA) is 16.1 Å². The van der Waals surface area contributed by atoms with Crippen LogP contribution in [0.2, 0.25) is 0 Å². The van der Waals surface area contributed by atoms with Crippen molar-refractivity contribution in [3.8, 4) is 33.4 Å². The standard InChI is InChI=1S/C47H38N2/c1-47(2,3)43-27-16-28-44(48-43)49(35-19-8-5-9-20-35)36-31-29-34(30-32-36)45-39-23-12-14-25-41(39)46(42-26-15-13-24-40(42)45)38-22-11-10-21-37(38)33-17-6-4-7-18-33/h4-32H,1-3H3. The SMILES string of the molecule is CC(C)(C)c1cccc(N(c2ccccc2)c2ccc(-c3c4ccccc4c(-c4ccccc4-c4ccccc4)c4ccccc34)cc2)n1. The van der Waals surface area contributed by atoms with Crippen LogP contribution in [0.3, 0.4) is 0 Å². The van der Waals surface area contributed by atoms with Crippen molar-refractivity contribution >= 4 is 38.7 Å². The van der Waals surface area contributed by atoms with Crippen LogP contribution >= 0.6 is 0 Å². The second kappa shape index (κ2) is 12.6. The first-order valence-corrected chi connectivity index (χ1v) is 17.0. The van der Waals surface area contributed by atoms with E-state index in [4.69, 9.17) is 4.98 Å². The summed E-state index contributed by atoms with van der Waals surface area (Å²) < 4.78 is 0. The van der Waals surface area contributed by atoms with Gasteiger partial charge < -0.3 is 0 Å². The maximum absolute atomic E-state index is 5.15. The van der Waals surface area contributed by atoms with E-state index < -0.39 is 0 Å². The Morgan fingerprint density at radius 3 is 1.47 bits per heavy atom. The third-order valence-corrected chi connectivity index (χ3v) is 9.37. The van der Waals surface area contributed by atoms with Crippen molar-refractivity contribution in [3.63, 3.8) is 0 Å². The minimum absolute atomic E-state index is 0.0574. The number of aromatic nitrogens is 1. The molecule has 0 bridgehead atoms. The van der Waals surface area contributed by atoms with Gasteiger partial charge in [-0.3, -0.25) is 4.90 Å². The highest BCUT2D eigenvalue weighted by Crippen LogP contribution is 2.46. The minimum Gasteiger partial charge on any atom is -0.295 e. The Kier molecular flexibility index (Phi) is 7.78. The maximum atomic E-state index is 5.15. The van der Waals surface area contributed by atoms with Gasteiger partial charge >= 0.3 is 0 Å². The molecule has 0 aliphatic rings. The van der Waals surface area contributed by atoms with E-state index in [9.17, 15) is 0 Å². The van der Waals surface area contributed by atoms with E-state index in [-0.39, 0.29) is 5.41 Å². The number of pyridine rings is 1. The van der Waals surface area contributed by atoms with Crippen LogP contribution in [0.25, 0.3) is 54.9 Å². The molecule has 8 aromatic rings. The van der Waals surface area contributed by atoms with Crippen LogP contribution < -0.4 is 4.90 Å². The number of anilines is 3. The van der Waals surface area contributed by atoms with Gasteiger partial charge in [0.25, 0.3) is 0 Å². The molecule has 7 aromatic carbocycles. The average molecular weight is 631 g/mol. The third kappa shape index (κ3) is 5.66. The number of hydrogen-bond acceptors (Lipinski definition) is 2. The highest BCUT2D eigenvalue weighted by molar-refractivity contribution is 6.22. The van der Waals surface area contributed by atoms with Gasteiger partial charge in [0, 0.05) is 22.5 Å². The first-order chi connectivity index (χ1) is 24.0. The lowest BCUT2D eigenvalue weighted by Crippen LogP contribution is -2.17. The predicted octanol–water partition coefficient (Wildman–Crippen LogP) is 13.2. The van der Waals surface area contributed by atoms with E-state index in [1.54, 1.807) is 0 Å². The van der Waals surface area contributed by atoms with Gasteiger partial charge in [-0.05, 0) is 91.3 Å². The van der Waals surface area contributed by atoms with Gasteiger partial charge in [0.05, 0.1) is 0 Å². The molecule has 1 aromatic heterocycles. The molecular weight excluding hydrogens is 593 g/mol. The van der Waals surface area contributed by atoms with E-state index >= 15 is 0 Å².